The predicted octanol–water partition coefficient (Wildman–Crippen LogP) is 5.15. The predicted molar refractivity (Wildman–Crippen MR) is 128 cm³/mol. The monoisotopic (exact) mass is 422 g/mol. The van der Waals surface area contributed by atoms with Crippen molar-refractivity contribution in [3.05, 3.63) is 42.0 Å². The largest absolute Gasteiger partial charge is 0.493 e. The fourth-order valence-corrected chi connectivity index (χ4v) is 3.84. The number of nitrogens with zero attached hydrogens (tertiary/aromatic N) is 3. The number of rotatable bonds is 9. The van der Waals surface area contributed by atoms with Crippen molar-refractivity contribution in [1.29, 1.82) is 0 Å². The number of nitrogens with one attached hydrogen (secondary N) is 1. The average molecular weight is 423 g/mol. The van der Waals surface area contributed by atoms with Gasteiger partial charge in [0, 0.05) is 42.2 Å². The van der Waals surface area contributed by atoms with Crippen LogP contribution in [0.25, 0.3) is 22.3 Å². The average Bonchev–Trinajstić information content (AvgIpc) is 2.75. The van der Waals surface area contributed by atoms with E-state index in [1.54, 1.807) is 14.2 Å². The smallest absolute Gasteiger partial charge is 0.162 e. The van der Waals surface area contributed by atoms with E-state index in [-0.39, 0.29) is 0 Å². The van der Waals surface area contributed by atoms with Crippen molar-refractivity contribution in [2.24, 2.45) is 0 Å². The Morgan fingerprint density at radius 1 is 0.903 bits per heavy atom. The molecule has 0 aliphatic rings. The van der Waals surface area contributed by atoms with Crippen molar-refractivity contribution in [2.45, 2.75) is 46.7 Å². The molecule has 0 fully saturated rings. The van der Waals surface area contributed by atoms with Gasteiger partial charge in [0.1, 0.15) is 5.82 Å². The maximum absolute atomic E-state index is 5.52. The molecule has 0 amide bonds. The third-order valence-electron chi connectivity index (χ3n) is 5.50. The Morgan fingerprint density at radius 2 is 1.52 bits per heavy atom. The number of hydrogen-bond acceptors (Lipinski definition) is 6. The first-order chi connectivity index (χ1) is 14.8. The van der Waals surface area contributed by atoms with Crippen molar-refractivity contribution < 1.29 is 9.47 Å². The van der Waals surface area contributed by atoms with Gasteiger partial charge in [-0.15, -0.1) is 0 Å². The Bertz CT molecular complexity index is 1010. The van der Waals surface area contributed by atoms with Gasteiger partial charge >= 0.3 is 0 Å². The second-order valence-electron chi connectivity index (χ2n) is 8.34. The molecule has 0 aliphatic carbocycles. The van der Waals surface area contributed by atoms with E-state index in [2.05, 4.69) is 69.1 Å². The van der Waals surface area contributed by atoms with Crippen molar-refractivity contribution >= 4 is 16.7 Å². The van der Waals surface area contributed by atoms with Crippen LogP contribution >= 0.6 is 0 Å². The van der Waals surface area contributed by atoms with Crippen LogP contribution in [0.5, 0.6) is 11.5 Å². The quantitative estimate of drug-likeness (QED) is 0.514. The van der Waals surface area contributed by atoms with Gasteiger partial charge in [-0.3, -0.25) is 4.90 Å². The number of aromatic nitrogens is 2. The molecular formula is C25H34N4O2. The second-order valence-corrected chi connectivity index (χ2v) is 8.34. The van der Waals surface area contributed by atoms with Crippen LogP contribution in [0.15, 0.2) is 36.4 Å². The Hall–Kier alpha value is -2.86. The van der Waals surface area contributed by atoms with Gasteiger partial charge in [-0.25, -0.2) is 9.97 Å². The second kappa shape index (κ2) is 9.96. The molecule has 0 radical (unpaired) electrons. The minimum absolute atomic E-state index is 0.483. The maximum Gasteiger partial charge on any atom is 0.162 e. The first kappa shape index (κ1) is 22.8. The molecule has 0 unspecified atom stereocenters. The summed E-state index contributed by atoms with van der Waals surface area (Å²) in [5, 5.41) is 4.46. The van der Waals surface area contributed by atoms with Crippen molar-refractivity contribution in [2.75, 3.05) is 32.6 Å². The Morgan fingerprint density at radius 3 is 2.10 bits per heavy atom. The number of fused-ring (bicyclic) bond motifs is 1. The third kappa shape index (κ3) is 5.25. The standard InChI is InChI=1S/C25H34N4O2/c1-16(2)29(17(3)4)13-12-26-25-20-14-22(30-6)23(31-7)15-21(20)27-24(28-25)19-10-8-18(5)9-11-19/h8-11,14-17H,12-13H2,1-7H3,(H,26,27,28). The molecule has 3 rings (SSSR count). The molecule has 166 valence electrons. The number of methoxy groups -OCH3 is 2. The summed E-state index contributed by atoms with van der Waals surface area (Å²) >= 11 is 0. The highest BCUT2D eigenvalue weighted by Gasteiger charge is 2.16. The minimum atomic E-state index is 0.483. The molecule has 2 aromatic carbocycles. The zero-order chi connectivity index (χ0) is 22.5. The van der Waals surface area contributed by atoms with Crippen LogP contribution in [-0.2, 0) is 0 Å². The molecule has 6 heteroatoms. The summed E-state index contributed by atoms with van der Waals surface area (Å²) in [6, 6.07) is 13.1. The number of ether oxygens (including phenoxy) is 2. The van der Waals surface area contributed by atoms with Crippen LogP contribution in [0, 0.1) is 6.92 Å². The summed E-state index contributed by atoms with van der Waals surface area (Å²) in [6.45, 7) is 12.7. The third-order valence-corrected chi connectivity index (χ3v) is 5.50. The molecule has 0 saturated carbocycles. The van der Waals surface area contributed by atoms with Crippen molar-refractivity contribution in [3.63, 3.8) is 0 Å². The van der Waals surface area contributed by atoms with Gasteiger partial charge in [-0.05, 0) is 40.7 Å². The summed E-state index contributed by atoms with van der Waals surface area (Å²) in [5.74, 6) is 2.80. The summed E-state index contributed by atoms with van der Waals surface area (Å²) in [6.07, 6.45) is 0. The van der Waals surface area contributed by atoms with Crippen LogP contribution in [0.3, 0.4) is 0 Å². The molecule has 3 aromatic rings. The van der Waals surface area contributed by atoms with Crippen LogP contribution in [0.2, 0.25) is 0 Å². The number of benzene rings is 2. The van der Waals surface area contributed by atoms with E-state index in [1.807, 2.05) is 12.1 Å². The zero-order valence-corrected chi connectivity index (χ0v) is 19.7. The fraction of sp³-hybridized carbons (Fsp3) is 0.440. The molecule has 6 nitrogen and oxygen atoms in total. The van der Waals surface area contributed by atoms with Gasteiger partial charge in [0.05, 0.1) is 19.7 Å². The fourth-order valence-electron chi connectivity index (χ4n) is 3.84. The van der Waals surface area contributed by atoms with Crippen molar-refractivity contribution in [3.8, 4) is 22.9 Å². The summed E-state index contributed by atoms with van der Waals surface area (Å²) in [7, 11) is 3.28. The molecule has 31 heavy (non-hydrogen) atoms. The van der Waals surface area contributed by atoms with E-state index in [4.69, 9.17) is 19.4 Å². The van der Waals surface area contributed by atoms with Crippen LogP contribution in [-0.4, -0.2) is 54.3 Å². The lowest BCUT2D eigenvalue weighted by Gasteiger charge is -2.30. The van der Waals surface area contributed by atoms with E-state index < -0.39 is 0 Å². The number of hydrogen-bond donors (Lipinski definition) is 1. The van der Waals surface area contributed by atoms with E-state index >= 15 is 0 Å². The molecule has 0 spiro atoms. The molecule has 1 N–H and O–H groups in total. The molecule has 0 atom stereocenters. The van der Waals surface area contributed by atoms with Gasteiger partial charge in [0.15, 0.2) is 17.3 Å². The lowest BCUT2D eigenvalue weighted by Crippen LogP contribution is -2.40. The molecule has 1 heterocycles. The molecular weight excluding hydrogens is 388 g/mol. The van der Waals surface area contributed by atoms with Gasteiger partial charge in [0.2, 0.25) is 0 Å². The van der Waals surface area contributed by atoms with E-state index in [0.717, 1.165) is 35.4 Å². The number of aryl methyl sites for hydroxylation is 1. The SMILES string of the molecule is COc1cc2nc(-c3ccc(C)cc3)nc(NCCN(C(C)C)C(C)C)c2cc1OC. The summed E-state index contributed by atoms with van der Waals surface area (Å²) in [4.78, 5) is 12.2. The van der Waals surface area contributed by atoms with Gasteiger partial charge in [0.25, 0.3) is 0 Å². The Kier molecular flexibility index (Phi) is 7.33. The summed E-state index contributed by atoms with van der Waals surface area (Å²) < 4.78 is 11.0. The first-order valence-corrected chi connectivity index (χ1v) is 10.8. The van der Waals surface area contributed by atoms with E-state index in [0.29, 0.717) is 29.4 Å². The lowest BCUT2D eigenvalue weighted by molar-refractivity contribution is 0.182. The van der Waals surface area contributed by atoms with E-state index in [9.17, 15) is 0 Å². The first-order valence-electron chi connectivity index (χ1n) is 10.8. The highest BCUT2D eigenvalue weighted by Crippen LogP contribution is 2.35. The lowest BCUT2D eigenvalue weighted by atomic mass is 10.1. The highest BCUT2D eigenvalue weighted by molar-refractivity contribution is 5.93. The summed E-state index contributed by atoms with van der Waals surface area (Å²) in [5.41, 5.74) is 3.00. The zero-order valence-electron chi connectivity index (χ0n) is 19.7. The number of anilines is 1. The molecule has 0 saturated heterocycles. The molecule has 0 aliphatic heterocycles. The van der Waals surface area contributed by atoms with Gasteiger partial charge in [-0.2, -0.15) is 0 Å². The van der Waals surface area contributed by atoms with Crippen LogP contribution in [0.1, 0.15) is 33.3 Å². The van der Waals surface area contributed by atoms with Crippen LogP contribution < -0.4 is 14.8 Å². The highest BCUT2D eigenvalue weighted by atomic mass is 16.5. The topological polar surface area (TPSA) is 59.5 Å². The maximum atomic E-state index is 5.52. The minimum Gasteiger partial charge on any atom is -0.493 e. The Labute approximate surface area is 185 Å². The van der Waals surface area contributed by atoms with Gasteiger partial charge < -0.3 is 14.8 Å². The van der Waals surface area contributed by atoms with E-state index in [1.165, 1.54) is 5.56 Å². The molecule has 0 bridgehead atoms. The van der Waals surface area contributed by atoms with Gasteiger partial charge in [-0.1, -0.05) is 29.8 Å². The normalized spacial score (nSPS) is 11.5. The van der Waals surface area contributed by atoms with Crippen molar-refractivity contribution in [1.82, 2.24) is 14.9 Å². The molecule has 1 aromatic heterocycles. The Balaban J connectivity index is 2.02. The van der Waals surface area contributed by atoms with Crippen LogP contribution in [0.4, 0.5) is 5.82 Å².